The van der Waals surface area contributed by atoms with Gasteiger partial charge in [-0.3, -0.25) is 14.4 Å². The standard InChI is InChI=1S/C44H71NO10/c1-27-11-10-12-29(3)39(53-7)26-36-19-14-32(6)44(52,55-36)41(49)42(50)45-20-9-8-13-37(45)43(51)54-40(31(5)23-33-15-17-34(46)18-16-33)25-35(47)24-38(48)30(4)22-28(2)21-27/h10-12,27-28,30-37,39-40,46-47,52H,8-9,13-26H2,1-7H3. The Balaban J connectivity index is 1.63. The van der Waals surface area contributed by atoms with Crippen LogP contribution in [0.1, 0.15) is 138 Å². The van der Waals surface area contributed by atoms with Gasteiger partial charge in [-0.2, -0.15) is 0 Å². The molecule has 1 saturated carbocycles. The summed E-state index contributed by atoms with van der Waals surface area (Å²) in [6, 6.07) is -1.04. The first-order chi connectivity index (χ1) is 26.0. The van der Waals surface area contributed by atoms with Gasteiger partial charge in [0.2, 0.25) is 5.79 Å². The molecule has 3 fully saturated rings. The number of aliphatic hydroxyl groups is 3. The number of methoxy groups -OCH3 is 1. The highest BCUT2D eigenvalue weighted by Crippen LogP contribution is 2.37. The Bertz CT molecular complexity index is 1360. The predicted octanol–water partition coefficient (Wildman–Crippen LogP) is 6.25. The van der Waals surface area contributed by atoms with Crippen LogP contribution in [-0.4, -0.2) is 99.7 Å². The van der Waals surface area contributed by atoms with Gasteiger partial charge in [0, 0.05) is 44.8 Å². The first-order valence-corrected chi connectivity index (χ1v) is 21.2. The number of hydrogen-bond acceptors (Lipinski definition) is 10. The molecule has 55 heavy (non-hydrogen) atoms. The first-order valence-electron chi connectivity index (χ1n) is 21.2. The minimum atomic E-state index is -2.36. The highest BCUT2D eigenvalue weighted by molar-refractivity contribution is 6.39. The van der Waals surface area contributed by atoms with E-state index in [9.17, 15) is 34.5 Å². The molecule has 3 aliphatic heterocycles. The minimum absolute atomic E-state index is 0.0293. The summed E-state index contributed by atoms with van der Waals surface area (Å²) in [6.45, 7) is 12.0. The van der Waals surface area contributed by atoms with Crippen molar-refractivity contribution in [1.82, 2.24) is 4.90 Å². The van der Waals surface area contributed by atoms with E-state index in [0.717, 1.165) is 44.1 Å². The molecule has 0 aromatic carbocycles. The number of Topliss-reactive ketones (excluding diaryl/α,β-unsaturated/α-hetero) is 2. The molecule has 4 rings (SSSR count). The first kappa shape index (κ1) is 45.3. The molecular weight excluding hydrogens is 702 g/mol. The molecule has 11 atom stereocenters. The number of ketones is 2. The summed E-state index contributed by atoms with van der Waals surface area (Å²) >= 11 is 0. The third kappa shape index (κ3) is 12.5. The zero-order valence-corrected chi connectivity index (χ0v) is 34.6. The van der Waals surface area contributed by atoms with Crippen molar-refractivity contribution in [2.75, 3.05) is 13.7 Å². The van der Waals surface area contributed by atoms with E-state index in [1.54, 1.807) is 14.0 Å². The van der Waals surface area contributed by atoms with Crippen LogP contribution >= 0.6 is 0 Å². The second-order valence-electron chi connectivity index (χ2n) is 17.9. The summed E-state index contributed by atoms with van der Waals surface area (Å²) in [4.78, 5) is 56.8. The maximum atomic E-state index is 14.1. The number of rotatable bonds is 4. The number of nitrogens with zero attached hydrogens (tertiary/aromatic N) is 1. The van der Waals surface area contributed by atoms with E-state index < -0.39 is 53.7 Å². The van der Waals surface area contributed by atoms with Crippen molar-refractivity contribution >= 4 is 23.4 Å². The molecule has 2 bridgehead atoms. The molecule has 1 amide bonds. The van der Waals surface area contributed by atoms with E-state index in [1.165, 1.54) is 4.90 Å². The number of carbonyl (C=O) groups excluding carboxylic acids is 4. The smallest absolute Gasteiger partial charge is 0.329 e. The van der Waals surface area contributed by atoms with E-state index in [-0.39, 0.29) is 61.0 Å². The van der Waals surface area contributed by atoms with Crippen LogP contribution in [0.25, 0.3) is 0 Å². The van der Waals surface area contributed by atoms with Gasteiger partial charge in [-0.1, -0.05) is 52.8 Å². The molecule has 3 N–H and O–H groups in total. The van der Waals surface area contributed by atoms with Gasteiger partial charge in [0.05, 0.1) is 24.4 Å². The van der Waals surface area contributed by atoms with Crippen LogP contribution in [0.3, 0.4) is 0 Å². The Morgan fingerprint density at radius 3 is 2.31 bits per heavy atom. The van der Waals surface area contributed by atoms with Gasteiger partial charge in [-0.25, -0.2) is 4.79 Å². The molecule has 4 aliphatic rings. The molecule has 2 saturated heterocycles. The number of aliphatic hydroxyl groups excluding tert-OH is 2. The monoisotopic (exact) mass is 774 g/mol. The van der Waals surface area contributed by atoms with Crippen LogP contribution in [0.2, 0.25) is 0 Å². The molecule has 1 aliphatic carbocycles. The lowest BCUT2D eigenvalue weighted by Crippen LogP contribution is -2.61. The molecule has 11 heteroatoms. The van der Waals surface area contributed by atoms with Crippen LogP contribution in [0.15, 0.2) is 23.8 Å². The largest absolute Gasteiger partial charge is 0.460 e. The van der Waals surface area contributed by atoms with Gasteiger partial charge < -0.3 is 34.4 Å². The minimum Gasteiger partial charge on any atom is -0.460 e. The summed E-state index contributed by atoms with van der Waals surface area (Å²) in [6.07, 6.45) is 11.6. The number of allylic oxidation sites excluding steroid dienone is 3. The lowest BCUT2D eigenvalue weighted by Gasteiger charge is -2.42. The number of esters is 1. The van der Waals surface area contributed by atoms with Crippen molar-refractivity contribution in [1.29, 1.82) is 0 Å². The molecule has 312 valence electrons. The van der Waals surface area contributed by atoms with Gasteiger partial charge >= 0.3 is 5.97 Å². The van der Waals surface area contributed by atoms with Crippen molar-refractivity contribution in [3.05, 3.63) is 23.8 Å². The van der Waals surface area contributed by atoms with E-state index in [0.29, 0.717) is 50.9 Å². The average Bonchev–Trinajstić information content (AvgIpc) is 3.14. The average molecular weight is 774 g/mol. The number of cyclic esters (lactones) is 1. The normalized spacial score (nSPS) is 39.3. The quantitative estimate of drug-likeness (QED) is 0.220. The van der Waals surface area contributed by atoms with E-state index >= 15 is 0 Å². The summed E-state index contributed by atoms with van der Waals surface area (Å²) in [7, 11) is 1.61. The molecule has 11 unspecified atom stereocenters. The SMILES string of the molecule is COC1CC2CCC(C)C(O)(O2)C(=O)C(=O)N2CCCCC2C(=O)OC(C(C)CC2CCC(O)CC2)CC(O)CC(=O)C(C)CC(C)CC(C)C=CC=C1C. The number of fused-ring (bicyclic) bond motifs is 3. The topological polar surface area (TPSA) is 160 Å². The second kappa shape index (κ2) is 20.8. The number of ether oxygens (including phenoxy) is 3. The summed E-state index contributed by atoms with van der Waals surface area (Å²) in [5.74, 6) is -5.31. The Morgan fingerprint density at radius 2 is 1.62 bits per heavy atom. The van der Waals surface area contributed by atoms with Gasteiger partial charge in [0.1, 0.15) is 17.9 Å². The third-order valence-corrected chi connectivity index (χ3v) is 13.0. The number of hydrogen-bond donors (Lipinski definition) is 3. The van der Waals surface area contributed by atoms with Crippen molar-refractivity contribution in [2.24, 2.45) is 35.5 Å². The fourth-order valence-electron chi connectivity index (χ4n) is 9.43. The maximum absolute atomic E-state index is 14.1. The Labute approximate surface area is 329 Å². The lowest BCUT2D eigenvalue weighted by molar-refractivity contribution is -0.265. The molecule has 3 heterocycles. The zero-order valence-electron chi connectivity index (χ0n) is 34.6. The number of carbonyl (C=O) groups is 4. The maximum Gasteiger partial charge on any atom is 0.329 e. The van der Waals surface area contributed by atoms with E-state index in [4.69, 9.17) is 14.2 Å². The third-order valence-electron chi connectivity index (χ3n) is 13.0. The van der Waals surface area contributed by atoms with Crippen LogP contribution in [0.4, 0.5) is 0 Å². The Kier molecular flexibility index (Phi) is 17.1. The summed E-state index contributed by atoms with van der Waals surface area (Å²) < 4.78 is 18.2. The molecule has 0 aromatic rings. The van der Waals surface area contributed by atoms with Gasteiger partial charge in [0.25, 0.3) is 11.7 Å². The molecular formula is C44H71NO10. The summed E-state index contributed by atoms with van der Waals surface area (Å²) in [5, 5.41) is 33.2. The van der Waals surface area contributed by atoms with Crippen molar-refractivity contribution in [2.45, 2.75) is 180 Å². The molecule has 0 aromatic heterocycles. The highest BCUT2D eigenvalue weighted by atomic mass is 16.6. The van der Waals surface area contributed by atoms with Gasteiger partial charge in [-0.05, 0) is 113 Å². The highest BCUT2D eigenvalue weighted by Gasteiger charge is 2.53. The van der Waals surface area contributed by atoms with Crippen LogP contribution in [0, 0.1) is 35.5 Å². The Hall–Kier alpha value is -2.44. The van der Waals surface area contributed by atoms with Crippen LogP contribution in [-0.2, 0) is 33.4 Å². The fourth-order valence-corrected chi connectivity index (χ4v) is 9.43. The molecule has 0 spiro atoms. The van der Waals surface area contributed by atoms with Gasteiger partial charge in [0.15, 0.2) is 0 Å². The fraction of sp³-hybridized carbons (Fsp3) is 0.818. The lowest BCUT2D eigenvalue weighted by atomic mass is 9.79. The van der Waals surface area contributed by atoms with Crippen molar-refractivity contribution in [3.8, 4) is 0 Å². The summed E-state index contributed by atoms with van der Waals surface area (Å²) in [5.41, 5.74) is 0.954. The predicted molar refractivity (Wildman–Crippen MR) is 209 cm³/mol. The van der Waals surface area contributed by atoms with Crippen molar-refractivity contribution in [3.63, 3.8) is 0 Å². The number of amides is 1. The zero-order chi connectivity index (χ0) is 40.4. The van der Waals surface area contributed by atoms with Crippen LogP contribution in [0.5, 0.6) is 0 Å². The number of piperidine rings is 1. The van der Waals surface area contributed by atoms with Crippen LogP contribution < -0.4 is 0 Å². The molecule has 11 nitrogen and oxygen atoms in total. The van der Waals surface area contributed by atoms with E-state index in [2.05, 4.69) is 19.9 Å². The second-order valence-corrected chi connectivity index (χ2v) is 17.9. The molecule has 0 radical (unpaired) electrons. The Morgan fingerprint density at radius 1 is 0.909 bits per heavy atom. The van der Waals surface area contributed by atoms with Crippen molar-refractivity contribution < 1.29 is 48.7 Å². The van der Waals surface area contributed by atoms with Gasteiger partial charge in [-0.15, -0.1) is 0 Å². The van der Waals surface area contributed by atoms with E-state index in [1.807, 2.05) is 32.9 Å².